The van der Waals surface area contributed by atoms with Crippen molar-refractivity contribution in [2.45, 2.75) is 25.3 Å². The third-order valence-electron chi connectivity index (χ3n) is 3.29. The first-order valence-corrected chi connectivity index (χ1v) is 6.39. The molecule has 0 aromatic carbocycles. The number of nitrogens with zero attached hydrogens (tertiary/aromatic N) is 2. The van der Waals surface area contributed by atoms with E-state index in [4.69, 9.17) is 27.9 Å². The van der Waals surface area contributed by atoms with Gasteiger partial charge in [0.25, 0.3) is 0 Å². The summed E-state index contributed by atoms with van der Waals surface area (Å²) in [6.07, 6.45) is 4.96. The van der Waals surface area contributed by atoms with Crippen molar-refractivity contribution in [1.29, 1.82) is 5.41 Å². The molecule has 98 valence electrons. The fourth-order valence-electron chi connectivity index (χ4n) is 2.11. The molecule has 0 bridgehead atoms. The lowest BCUT2D eigenvalue weighted by molar-refractivity contribution is 0.283. The summed E-state index contributed by atoms with van der Waals surface area (Å²) >= 11 is 6.25. The molecule has 0 radical (unpaired) electrons. The van der Waals surface area contributed by atoms with Crippen LogP contribution in [0.25, 0.3) is 0 Å². The Morgan fingerprint density at radius 3 is 2.83 bits per heavy atom. The molecule has 18 heavy (non-hydrogen) atoms. The van der Waals surface area contributed by atoms with Gasteiger partial charge in [-0.05, 0) is 25.3 Å². The number of pyridine rings is 1. The lowest BCUT2D eigenvalue weighted by Gasteiger charge is -2.38. The van der Waals surface area contributed by atoms with Gasteiger partial charge >= 0.3 is 0 Å². The van der Waals surface area contributed by atoms with E-state index >= 15 is 0 Å². The van der Waals surface area contributed by atoms with Gasteiger partial charge in [0, 0.05) is 24.3 Å². The molecule has 5 nitrogen and oxygen atoms in total. The Balaban J connectivity index is 2.34. The van der Waals surface area contributed by atoms with Crippen molar-refractivity contribution in [3.63, 3.8) is 0 Å². The summed E-state index contributed by atoms with van der Waals surface area (Å²) in [4.78, 5) is 6.29. The van der Waals surface area contributed by atoms with Crippen LogP contribution in [0.2, 0.25) is 5.02 Å². The third-order valence-corrected chi connectivity index (χ3v) is 3.66. The van der Waals surface area contributed by atoms with E-state index in [0.717, 1.165) is 12.8 Å². The molecule has 1 aromatic heterocycles. The standard InChI is InChI=1S/C12H17ClN4O/c13-10-9(11(14)15)4-5-16-12(10)17(6-7-18)8-2-1-3-8/h4-5,8,18H,1-3,6-7H2,(H3,14,15). The van der Waals surface area contributed by atoms with Crippen LogP contribution >= 0.6 is 11.6 Å². The number of nitrogens with one attached hydrogen (secondary N) is 1. The molecule has 1 heterocycles. The monoisotopic (exact) mass is 268 g/mol. The van der Waals surface area contributed by atoms with Crippen LogP contribution in [-0.2, 0) is 0 Å². The van der Waals surface area contributed by atoms with Gasteiger partial charge in [0.2, 0.25) is 0 Å². The van der Waals surface area contributed by atoms with Gasteiger partial charge in [-0.2, -0.15) is 0 Å². The van der Waals surface area contributed by atoms with Crippen molar-refractivity contribution < 1.29 is 5.11 Å². The van der Waals surface area contributed by atoms with Crippen LogP contribution in [-0.4, -0.2) is 35.1 Å². The van der Waals surface area contributed by atoms with E-state index in [1.54, 1.807) is 12.3 Å². The van der Waals surface area contributed by atoms with Crippen LogP contribution in [0.4, 0.5) is 5.82 Å². The highest BCUT2D eigenvalue weighted by atomic mass is 35.5. The second-order valence-electron chi connectivity index (χ2n) is 4.41. The summed E-state index contributed by atoms with van der Waals surface area (Å²) in [6.45, 7) is 0.553. The lowest BCUT2D eigenvalue weighted by Crippen LogP contribution is -2.42. The molecule has 0 unspecified atom stereocenters. The van der Waals surface area contributed by atoms with Crippen LogP contribution in [0.3, 0.4) is 0 Å². The van der Waals surface area contributed by atoms with Crippen LogP contribution in [0.15, 0.2) is 12.3 Å². The lowest BCUT2D eigenvalue weighted by atomic mass is 9.91. The third kappa shape index (κ3) is 2.42. The number of halogens is 1. The molecule has 0 aliphatic heterocycles. The number of hydrogen-bond acceptors (Lipinski definition) is 4. The smallest absolute Gasteiger partial charge is 0.148 e. The zero-order valence-electron chi connectivity index (χ0n) is 10.1. The molecule has 1 aromatic rings. The predicted molar refractivity (Wildman–Crippen MR) is 72.3 cm³/mol. The Morgan fingerprint density at radius 2 is 2.33 bits per heavy atom. The van der Waals surface area contributed by atoms with Gasteiger partial charge in [-0.1, -0.05) is 11.6 Å². The zero-order valence-corrected chi connectivity index (χ0v) is 10.8. The summed E-state index contributed by atoms with van der Waals surface area (Å²) in [5, 5.41) is 17.0. The molecule has 0 spiro atoms. The molecule has 1 aliphatic rings. The van der Waals surface area contributed by atoms with E-state index in [1.165, 1.54) is 6.42 Å². The Kier molecular flexibility index (Phi) is 4.04. The fourth-order valence-corrected chi connectivity index (χ4v) is 2.43. The van der Waals surface area contributed by atoms with Gasteiger partial charge in [-0.25, -0.2) is 4.98 Å². The van der Waals surface area contributed by atoms with Crippen LogP contribution < -0.4 is 10.6 Å². The summed E-state index contributed by atoms with van der Waals surface area (Å²) in [5.74, 6) is 0.546. The SMILES string of the molecule is N=C(N)c1ccnc(N(CCO)C2CCC2)c1Cl. The number of anilines is 1. The maximum atomic E-state index is 9.16. The maximum Gasteiger partial charge on any atom is 0.148 e. The number of amidine groups is 1. The first-order chi connectivity index (χ1) is 8.65. The molecule has 4 N–H and O–H groups in total. The molecule has 1 saturated carbocycles. The minimum absolute atomic E-state index is 0.0544. The number of nitrogens with two attached hydrogens (primary N) is 1. The largest absolute Gasteiger partial charge is 0.395 e. The minimum Gasteiger partial charge on any atom is -0.395 e. The molecule has 6 heteroatoms. The number of nitrogen functional groups attached to an aromatic ring is 1. The summed E-state index contributed by atoms with van der Waals surface area (Å²) < 4.78 is 0. The van der Waals surface area contributed by atoms with Crippen molar-refractivity contribution in [3.8, 4) is 0 Å². The normalized spacial score (nSPS) is 15.2. The Labute approximate surface area is 111 Å². The van der Waals surface area contributed by atoms with E-state index in [-0.39, 0.29) is 12.4 Å². The number of hydrogen-bond donors (Lipinski definition) is 3. The summed E-state index contributed by atoms with van der Waals surface area (Å²) in [7, 11) is 0. The van der Waals surface area contributed by atoms with E-state index in [9.17, 15) is 0 Å². The first-order valence-electron chi connectivity index (χ1n) is 6.01. The highest BCUT2D eigenvalue weighted by molar-refractivity contribution is 6.36. The average Bonchev–Trinajstić information content (AvgIpc) is 2.26. The molecule has 1 aliphatic carbocycles. The molecule has 0 saturated heterocycles. The van der Waals surface area contributed by atoms with E-state index in [1.807, 2.05) is 4.90 Å². The summed E-state index contributed by atoms with van der Waals surface area (Å²) in [6, 6.07) is 2.01. The second-order valence-corrected chi connectivity index (χ2v) is 4.79. The van der Waals surface area contributed by atoms with Gasteiger partial charge in [0.1, 0.15) is 11.7 Å². The highest BCUT2D eigenvalue weighted by Gasteiger charge is 2.27. The second kappa shape index (κ2) is 5.54. The zero-order chi connectivity index (χ0) is 13.1. The Morgan fingerprint density at radius 1 is 1.61 bits per heavy atom. The molecule has 0 amide bonds. The van der Waals surface area contributed by atoms with Crippen LogP contribution in [0, 0.1) is 5.41 Å². The van der Waals surface area contributed by atoms with Gasteiger partial charge in [0.15, 0.2) is 0 Å². The molecular weight excluding hydrogens is 252 g/mol. The van der Waals surface area contributed by atoms with Crippen molar-refractivity contribution in [3.05, 3.63) is 22.8 Å². The van der Waals surface area contributed by atoms with Crippen molar-refractivity contribution in [2.75, 3.05) is 18.1 Å². The summed E-state index contributed by atoms with van der Waals surface area (Å²) in [5.41, 5.74) is 5.97. The van der Waals surface area contributed by atoms with Crippen molar-refractivity contribution in [2.24, 2.45) is 5.73 Å². The fraction of sp³-hybridized carbons (Fsp3) is 0.500. The maximum absolute atomic E-state index is 9.16. The number of rotatable bonds is 5. The van der Waals surface area contributed by atoms with Gasteiger partial charge in [-0.15, -0.1) is 0 Å². The van der Waals surface area contributed by atoms with E-state index in [2.05, 4.69) is 4.98 Å². The van der Waals surface area contributed by atoms with E-state index in [0.29, 0.717) is 29.0 Å². The molecule has 0 atom stereocenters. The van der Waals surface area contributed by atoms with Crippen molar-refractivity contribution in [1.82, 2.24) is 4.98 Å². The van der Waals surface area contributed by atoms with Crippen molar-refractivity contribution >= 4 is 23.3 Å². The Hall–Kier alpha value is -1.33. The van der Waals surface area contributed by atoms with Crippen LogP contribution in [0.5, 0.6) is 0 Å². The molecular formula is C12H17ClN4O. The number of aliphatic hydroxyl groups excluding tert-OH is 1. The average molecular weight is 269 g/mol. The van der Waals surface area contributed by atoms with Gasteiger partial charge in [-0.3, -0.25) is 5.41 Å². The number of aliphatic hydroxyl groups is 1. The highest BCUT2D eigenvalue weighted by Crippen LogP contribution is 2.33. The van der Waals surface area contributed by atoms with Gasteiger partial charge in [0.05, 0.1) is 11.6 Å². The topological polar surface area (TPSA) is 86.2 Å². The molecule has 1 fully saturated rings. The quantitative estimate of drug-likeness (QED) is 0.556. The van der Waals surface area contributed by atoms with Gasteiger partial charge < -0.3 is 15.7 Å². The van der Waals surface area contributed by atoms with Crippen LogP contribution in [0.1, 0.15) is 24.8 Å². The minimum atomic E-state index is -0.0683. The Bertz CT molecular complexity index is 448. The van der Waals surface area contributed by atoms with E-state index < -0.39 is 0 Å². The molecule has 2 rings (SSSR count). The predicted octanol–water partition coefficient (Wildman–Crippen LogP) is 1.37. The number of aromatic nitrogens is 1. The first kappa shape index (κ1) is 13.1.